The average molecular weight is 480 g/mol. The molecule has 7 nitrogen and oxygen atoms in total. The van der Waals surface area contributed by atoms with Crippen molar-refractivity contribution in [2.24, 2.45) is 11.8 Å². The molecule has 1 amide bonds. The van der Waals surface area contributed by atoms with E-state index in [1.54, 1.807) is 0 Å². The normalized spacial score (nSPS) is 14.4. The zero-order valence-corrected chi connectivity index (χ0v) is 21.6. The highest BCUT2D eigenvalue weighted by atomic mass is 16.5. The topological polar surface area (TPSA) is 95.1 Å². The Balaban J connectivity index is 1.38. The molecule has 190 valence electrons. The van der Waals surface area contributed by atoms with E-state index in [0.29, 0.717) is 31.3 Å². The Bertz CT molecular complexity index is 1150. The summed E-state index contributed by atoms with van der Waals surface area (Å²) < 4.78 is 8.29. The van der Waals surface area contributed by atoms with Gasteiger partial charge >= 0.3 is 0 Å². The van der Waals surface area contributed by atoms with E-state index in [2.05, 4.69) is 41.7 Å². The molecule has 0 radical (unpaired) electrons. The summed E-state index contributed by atoms with van der Waals surface area (Å²) in [5, 5.41) is 4.07. The molecular weight excluding hydrogens is 438 g/mol. The highest BCUT2D eigenvalue weighted by Gasteiger charge is 2.18. The van der Waals surface area contributed by atoms with Crippen molar-refractivity contribution in [2.75, 3.05) is 18.9 Å². The van der Waals surface area contributed by atoms with Crippen LogP contribution in [0.2, 0.25) is 0 Å². The van der Waals surface area contributed by atoms with E-state index >= 15 is 0 Å². The molecule has 0 bridgehead atoms. The number of ether oxygens (including phenoxy) is 1. The van der Waals surface area contributed by atoms with Crippen LogP contribution in [0.15, 0.2) is 18.2 Å². The summed E-state index contributed by atoms with van der Waals surface area (Å²) in [7, 11) is 0. The van der Waals surface area contributed by atoms with Gasteiger partial charge in [-0.3, -0.25) is 4.79 Å². The summed E-state index contributed by atoms with van der Waals surface area (Å²) >= 11 is 0. The fourth-order valence-corrected chi connectivity index (χ4v) is 5.22. The number of aromatic nitrogens is 3. The molecule has 1 saturated carbocycles. The summed E-state index contributed by atoms with van der Waals surface area (Å²) in [4.78, 5) is 21.6. The van der Waals surface area contributed by atoms with Crippen LogP contribution in [0.4, 0.5) is 5.82 Å². The molecule has 7 heteroatoms. The zero-order valence-electron chi connectivity index (χ0n) is 21.6. The van der Waals surface area contributed by atoms with Crippen molar-refractivity contribution < 1.29 is 9.53 Å². The number of benzene rings is 1. The quantitative estimate of drug-likeness (QED) is 0.328. The fourth-order valence-electron chi connectivity index (χ4n) is 5.22. The molecule has 2 heterocycles. The number of nitrogens with one attached hydrogen (secondary N) is 1. The SMILES string of the molecule is CCCc1nc2c(N)nc3cc(OCCCNC(=O)CCC4CCCC4)ccc3c2n1CC(C)C. The van der Waals surface area contributed by atoms with Gasteiger partial charge < -0.3 is 20.4 Å². The Hall–Kier alpha value is -2.83. The second-order valence-corrected chi connectivity index (χ2v) is 10.4. The Morgan fingerprint density at radius 1 is 1.26 bits per heavy atom. The van der Waals surface area contributed by atoms with Gasteiger partial charge in [-0.1, -0.05) is 46.5 Å². The van der Waals surface area contributed by atoms with Crippen LogP contribution in [0.3, 0.4) is 0 Å². The van der Waals surface area contributed by atoms with Gasteiger partial charge in [-0.25, -0.2) is 9.97 Å². The summed E-state index contributed by atoms with van der Waals surface area (Å²) in [6.45, 7) is 8.69. The molecule has 0 saturated heterocycles. The van der Waals surface area contributed by atoms with Gasteiger partial charge in [0.1, 0.15) is 17.1 Å². The first kappa shape index (κ1) is 25.3. The highest BCUT2D eigenvalue weighted by molar-refractivity contribution is 6.06. The lowest BCUT2D eigenvalue weighted by molar-refractivity contribution is -0.121. The Labute approximate surface area is 208 Å². The minimum absolute atomic E-state index is 0.159. The summed E-state index contributed by atoms with van der Waals surface area (Å²) in [5.41, 5.74) is 9.02. The van der Waals surface area contributed by atoms with E-state index in [1.165, 1.54) is 25.7 Å². The van der Waals surface area contributed by atoms with Crippen LogP contribution in [-0.4, -0.2) is 33.6 Å². The van der Waals surface area contributed by atoms with E-state index in [9.17, 15) is 4.79 Å². The highest BCUT2D eigenvalue weighted by Crippen LogP contribution is 2.32. The fraction of sp³-hybridized carbons (Fsp3) is 0.607. The number of imidazole rings is 1. The number of nitrogens with zero attached hydrogens (tertiary/aromatic N) is 3. The summed E-state index contributed by atoms with van der Waals surface area (Å²) in [6, 6.07) is 6.02. The number of anilines is 1. The van der Waals surface area contributed by atoms with Gasteiger partial charge in [0.2, 0.25) is 5.91 Å². The predicted octanol–water partition coefficient (Wildman–Crippen LogP) is 5.63. The lowest BCUT2D eigenvalue weighted by Gasteiger charge is -2.13. The first-order valence-electron chi connectivity index (χ1n) is 13.4. The Morgan fingerprint density at radius 3 is 2.80 bits per heavy atom. The number of carbonyl (C=O) groups is 1. The number of fused-ring (bicyclic) bond motifs is 3. The molecule has 1 fully saturated rings. The van der Waals surface area contributed by atoms with Crippen LogP contribution in [0.25, 0.3) is 21.9 Å². The third-order valence-corrected chi connectivity index (χ3v) is 6.94. The standard InChI is InChI=1S/C28H41N5O2/c1-4-8-24-32-26-27(33(24)18-19(2)3)22-13-12-21(17-23(22)31-28(26)29)35-16-7-15-30-25(34)14-11-20-9-5-6-10-20/h12-13,17,19-20H,4-11,14-16,18H2,1-3H3,(H2,29,31)(H,30,34). The number of aryl methyl sites for hydroxylation is 1. The van der Waals surface area contributed by atoms with Gasteiger partial charge in [0.25, 0.3) is 0 Å². The molecule has 0 atom stereocenters. The van der Waals surface area contributed by atoms with Gasteiger partial charge in [-0.15, -0.1) is 0 Å². The monoisotopic (exact) mass is 479 g/mol. The number of nitrogens with two attached hydrogens (primary N) is 1. The molecular formula is C28H41N5O2. The van der Waals surface area contributed by atoms with E-state index in [-0.39, 0.29) is 5.91 Å². The largest absolute Gasteiger partial charge is 0.493 e. The first-order chi connectivity index (χ1) is 17.0. The van der Waals surface area contributed by atoms with Gasteiger partial charge in [0.15, 0.2) is 5.82 Å². The number of nitrogen functional groups attached to an aromatic ring is 1. The predicted molar refractivity (Wildman–Crippen MR) is 143 cm³/mol. The third-order valence-electron chi connectivity index (χ3n) is 6.94. The van der Waals surface area contributed by atoms with E-state index in [0.717, 1.165) is 71.7 Å². The van der Waals surface area contributed by atoms with Gasteiger partial charge in [-0.2, -0.15) is 0 Å². The molecule has 1 aliphatic rings. The average Bonchev–Trinajstić information content (AvgIpc) is 3.46. The molecule has 35 heavy (non-hydrogen) atoms. The molecule has 3 N–H and O–H groups in total. The second-order valence-electron chi connectivity index (χ2n) is 10.4. The maximum absolute atomic E-state index is 12.1. The minimum atomic E-state index is 0.159. The van der Waals surface area contributed by atoms with E-state index in [4.69, 9.17) is 15.5 Å². The van der Waals surface area contributed by atoms with Crippen molar-refractivity contribution in [3.05, 3.63) is 24.0 Å². The third kappa shape index (κ3) is 6.24. The lowest BCUT2D eigenvalue weighted by Crippen LogP contribution is -2.25. The van der Waals surface area contributed by atoms with Crippen LogP contribution in [0.1, 0.15) is 78.0 Å². The molecule has 0 aliphatic heterocycles. The summed E-state index contributed by atoms with van der Waals surface area (Å²) in [5.74, 6) is 3.71. The molecule has 1 aromatic carbocycles. The number of rotatable bonds is 12. The molecule has 0 unspecified atom stereocenters. The number of hydrogen-bond donors (Lipinski definition) is 2. The van der Waals surface area contributed by atoms with Crippen LogP contribution >= 0.6 is 0 Å². The van der Waals surface area contributed by atoms with E-state index < -0.39 is 0 Å². The van der Waals surface area contributed by atoms with Crippen molar-refractivity contribution in [3.63, 3.8) is 0 Å². The first-order valence-corrected chi connectivity index (χ1v) is 13.4. The lowest BCUT2D eigenvalue weighted by atomic mass is 10.0. The van der Waals surface area contributed by atoms with E-state index in [1.807, 2.05) is 12.1 Å². The van der Waals surface area contributed by atoms with Gasteiger partial charge in [-0.05, 0) is 43.2 Å². The van der Waals surface area contributed by atoms with Crippen LogP contribution in [-0.2, 0) is 17.8 Å². The Kier molecular flexibility index (Phi) is 8.47. The summed E-state index contributed by atoms with van der Waals surface area (Å²) in [6.07, 6.45) is 9.62. The molecule has 2 aromatic heterocycles. The van der Waals surface area contributed by atoms with Crippen LogP contribution < -0.4 is 15.8 Å². The number of amides is 1. The molecule has 4 rings (SSSR count). The van der Waals surface area contributed by atoms with Crippen molar-refractivity contribution in [2.45, 2.75) is 85.1 Å². The maximum Gasteiger partial charge on any atom is 0.220 e. The van der Waals surface area contributed by atoms with Gasteiger partial charge in [0.05, 0.1) is 17.6 Å². The van der Waals surface area contributed by atoms with Gasteiger partial charge in [0, 0.05) is 37.4 Å². The van der Waals surface area contributed by atoms with Crippen molar-refractivity contribution >= 4 is 33.7 Å². The number of pyridine rings is 1. The number of hydrogen-bond acceptors (Lipinski definition) is 5. The maximum atomic E-state index is 12.1. The molecule has 1 aliphatic carbocycles. The van der Waals surface area contributed by atoms with Crippen molar-refractivity contribution in [1.82, 2.24) is 19.9 Å². The smallest absolute Gasteiger partial charge is 0.220 e. The second kappa shape index (κ2) is 11.7. The van der Waals surface area contributed by atoms with Crippen LogP contribution in [0.5, 0.6) is 5.75 Å². The number of carbonyl (C=O) groups excluding carboxylic acids is 1. The van der Waals surface area contributed by atoms with Crippen molar-refractivity contribution in [3.8, 4) is 5.75 Å². The zero-order chi connectivity index (χ0) is 24.8. The van der Waals surface area contributed by atoms with Crippen LogP contribution in [0, 0.1) is 11.8 Å². The molecule has 3 aromatic rings. The molecule has 0 spiro atoms. The van der Waals surface area contributed by atoms with Crippen molar-refractivity contribution in [1.29, 1.82) is 0 Å². The Morgan fingerprint density at radius 2 is 2.06 bits per heavy atom. The minimum Gasteiger partial charge on any atom is -0.493 e.